The van der Waals surface area contributed by atoms with Gasteiger partial charge in [-0.2, -0.15) is 5.10 Å². The number of H-pyrrole nitrogens is 1. The number of nitrogens with zero attached hydrogens (tertiary/aromatic N) is 3. The first kappa shape index (κ1) is 19.8. The lowest BCUT2D eigenvalue weighted by molar-refractivity contribution is -0.136. The number of nitrogens with one attached hydrogen (secondary N) is 1. The quantitative estimate of drug-likeness (QED) is 0.678. The number of amides is 2. The normalized spacial score (nSPS) is 18.4. The van der Waals surface area contributed by atoms with Crippen LogP contribution in [-0.2, 0) is 22.6 Å². The molecular formula is C24H23ClN4O2. The van der Waals surface area contributed by atoms with Gasteiger partial charge in [0.1, 0.15) is 0 Å². The Hall–Kier alpha value is -3.12. The minimum atomic E-state index is -0.318. The van der Waals surface area contributed by atoms with Gasteiger partial charge >= 0.3 is 0 Å². The third kappa shape index (κ3) is 3.72. The molecule has 0 radical (unpaired) electrons. The molecule has 0 saturated carbocycles. The maximum absolute atomic E-state index is 13.3. The molecule has 3 heterocycles. The number of anilines is 1. The zero-order valence-electron chi connectivity index (χ0n) is 17.3. The van der Waals surface area contributed by atoms with E-state index in [-0.39, 0.29) is 24.2 Å². The van der Waals surface area contributed by atoms with E-state index < -0.39 is 0 Å². The molecule has 0 bridgehead atoms. The first-order valence-electron chi connectivity index (χ1n) is 10.5. The van der Waals surface area contributed by atoms with Gasteiger partial charge in [-0.05, 0) is 31.2 Å². The van der Waals surface area contributed by atoms with E-state index in [1.165, 1.54) is 0 Å². The molecule has 6 nitrogen and oxygen atoms in total. The Labute approximate surface area is 185 Å². The van der Waals surface area contributed by atoms with Gasteiger partial charge in [-0.15, -0.1) is 0 Å². The van der Waals surface area contributed by atoms with Gasteiger partial charge in [0, 0.05) is 60.0 Å². The molecule has 158 valence electrons. The third-order valence-corrected chi connectivity index (χ3v) is 6.43. The van der Waals surface area contributed by atoms with E-state index in [0.717, 1.165) is 40.2 Å². The van der Waals surface area contributed by atoms with Crippen molar-refractivity contribution >= 4 is 29.1 Å². The number of carbonyl (C=O) groups is 2. The van der Waals surface area contributed by atoms with Gasteiger partial charge in [-0.25, -0.2) is 0 Å². The van der Waals surface area contributed by atoms with Gasteiger partial charge in [0.15, 0.2) is 0 Å². The first-order valence-corrected chi connectivity index (χ1v) is 10.9. The zero-order chi connectivity index (χ0) is 21.5. The van der Waals surface area contributed by atoms with E-state index in [9.17, 15) is 9.59 Å². The van der Waals surface area contributed by atoms with Gasteiger partial charge in [-0.3, -0.25) is 14.7 Å². The minimum Gasteiger partial charge on any atom is -0.338 e. The van der Waals surface area contributed by atoms with Crippen LogP contribution in [0.2, 0.25) is 5.02 Å². The number of benzene rings is 2. The minimum absolute atomic E-state index is 0.00469. The van der Waals surface area contributed by atoms with Crippen molar-refractivity contribution < 1.29 is 9.59 Å². The van der Waals surface area contributed by atoms with E-state index in [4.69, 9.17) is 11.6 Å². The summed E-state index contributed by atoms with van der Waals surface area (Å²) in [5, 5.41) is 8.29. The Balaban J connectivity index is 1.33. The monoisotopic (exact) mass is 434 g/mol. The second-order valence-corrected chi connectivity index (χ2v) is 8.72. The van der Waals surface area contributed by atoms with Gasteiger partial charge in [0.2, 0.25) is 11.8 Å². The molecule has 1 atom stereocenters. The van der Waals surface area contributed by atoms with Crippen LogP contribution in [0.5, 0.6) is 0 Å². The predicted molar refractivity (Wildman–Crippen MR) is 120 cm³/mol. The fraction of sp³-hybridized carbons (Fsp3) is 0.292. The van der Waals surface area contributed by atoms with Crippen molar-refractivity contribution in [2.75, 3.05) is 18.0 Å². The molecule has 0 aliphatic carbocycles. The smallest absolute Gasteiger partial charge is 0.228 e. The van der Waals surface area contributed by atoms with Crippen molar-refractivity contribution in [2.45, 2.75) is 26.3 Å². The van der Waals surface area contributed by atoms with Crippen molar-refractivity contribution in [1.82, 2.24) is 15.1 Å². The van der Waals surface area contributed by atoms with Crippen molar-refractivity contribution in [3.63, 3.8) is 0 Å². The number of hydrogen-bond donors (Lipinski definition) is 1. The van der Waals surface area contributed by atoms with E-state index in [2.05, 4.69) is 10.2 Å². The van der Waals surface area contributed by atoms with Crippen molar-refractivity contribution in [1.29, 1.82) is 0 Å². The van der Waals surface area contributed by atoms with Crippen LogP contribution in [-0.4, -0.2) is 40.0 Å². The number of hydrogen-bond acceptors (Lipinski definition) is 3. The number of rotatable bonds is 3. The van der Waals surface area contributed by atoms with Crippen LogP contribution in [0.25, 0.3) is 11.3 Å². The number of aromatic amines is 1. The molecule has 2 aliphatic rings. The summed E-state index contributed by atoms with van der Waals surface area (Å²) >= 11 is 6.02. The summed E-state index contributed by atoms with van der Waals surface area (Å²) in [5.41, 5.74) is 5.93. The Morgan fingerprint density at radius 1 is 1.13 bits per heavy atom. The molecule has 1 N–H and O–H groups in total. The fourth-order valence-electron chi connectivity index (χ4n) is 4.44. The number of aromatic nitrogens is 2. The SMILES string of the molecule is Cc1ccc(N2CC(C(=O)N3CCc4[nH]nc(-c5ccc(Cl)cc5)c4C3)CC2=O)cc1. The molecule has 2 amide bonds. The average Bonchev–Trinajstić information content (AvgIpc) is 3.38. The largest absolute Gasteiger partial charge is 0.338 e. The summed E-state index contributed by atoms with van der Waals surface area (Å²) in [4.78, 5) is 29.5. The van der Waals surface area contributed by atoms with E-state index in [1.807, 2.05) is 60.4 Å². The summed E-state index contributed by atoms with van der Waals surface area (Å²) in [6.45, 7) is 3.57. The lowest BCUT2D eigenvalue weighted by Crippen LogP contribution is -2.40. The van der Waals surface area contributed by atoms with E-state index in [1.54, 1.807) is 4.90 Å². The second kappa shape index (κ2) is 7.85. The Morgan fingerprint density at radius 2 is 1.87 bits per heavy atom. The highest BCUT2D eigenvalue weighted by Gasteiger charge is 2.38. The van der Waals surface area contributed by atoms with Gasteiger partial charge in [-0.1, -0.05) is 41.4 Å². The van der Waals surface area contributed by atoms with E-state index >= 15 is 0 Å². The Bertz CT molecular complexity index is 1140. The molecule has 1 fully saturated rings. The van der Waals surface area contributed by atoms with Gasteiger partial charge < -0.3 is 9.80 Å². The summed E-state index contributed by atoms with van der Waals surface area (Å²) in [5.74, 6) is -0.275. The Morgan fingerprint density at radius 3 is 2.61 bits per heavy atom. The van der Waals surface area contributed by atoms with Gasteiger partial charge in [0.25, 0.3) is 0 Å². The van der Waals surface area contributed by atoms with Crippen LogP contribution >= 0.6 is 11.6 Å². The number of fused-ring (bicyclic) bond motifs is 1. The van der Waals surface area contributed by atoms with Crippen LogP contribution in [0.3, 0.4) is 0 Å². The van der Waals surface area contributed by atoms with Crippen molar-refractivity contribution in [3.8, 4) is 11.3 Å². The average molecular weight is 435 g/mol. The molecule has 1 saturated heterocycles. The number of halogens is 1. The predicted octanol–water partition coefficient (Wildman–Crippen LogP) is 3.98. The second-order valence-electron chi connectivity index (χ2n) is 8.29. The molecule has 1 unspecified atom stereocenters. The van der Waals surface area contributed by atoms with Crippen LogP contribution in [0.4, 0.5) is 5.69 Å². The third-order valence-electron chi connectivity index (χ3n) is 6.18. The lowest BCUT2D eigenvalue weighted by atomic mass is 9.99. The lowest BCUT2D eigenvalue weighted by Gasteiger charge is -2.29. The maximum atomic E-state index is 13.3. The van der Waals surface area contributed by atoms with Crippen molar-refractivity contribution in [3.05, 3.63) is 70.4 Å². The summed E-state index contributed by atoms with van der Waals surface area (Å²) in [6.07, 6.45) is 0.982. The van der Waals surface area contributed by atoms with Gasteiger partial charge in [0.05, 0.1) is 11.6 Å². The number of carbonyl (C=O) groups excluding carboxylic acids is 2. The standard InChI is InChI=1S/C24H23ClN4O2/c1-15-2-8-19(9-3-15)29-13-17(12-22(29)30)24(31)28-11-10-21-20(14-28)23(27-26-21)16-4-6-18(25)7-5-16/h2-9,17H,10-14H2,1H3,(H,26,27). The molecule has 2 aromatic carbocycles. The fourth-order valence-corrected chi connectivity index (χ4v) is 4.56. The van der Waals surface area contributed by atoms with Crippen LogP contribution in [0.1, 0.15) is 23.2 Å². The summed E-state index contributed by atoms with van der Waals surface area (Å²) in [7, 11) is 0. The highest BCUT2D eigenvalue weighted by Crippen LogP contribution is 2.32. The number of aryl methyl sites for hydroxylation is 1. The van der Waals surface area contributed by atoms with E-state index in [0.29, 0.717) is 24.7 Å². The topological polar surface area (TPSA) is 69.3 Å². The molecule has 3 aromatic rings. The Kier molecular flexibility index (Phi) is 5.02. The highest BCUT2D eigenvalue weighted by atomic mass is 35.5. The highest BCUT2D eigenvalue weighted by molar-refractivity contribution is 6.30. The zero-order valence-corrected chi connectivity index (χ0v) is 18.0. The molecule has 0 spiro atoms. The first-order chi connectivity index (χ1) is 15.0. The van der Waals surface area contributed by atoms with Crippen LogP contribution < -0.4 is 4.90 Å². The van der Waals surface area contributed by atoms with Crippen LogP contribution in [0.15, 0.2) is 48.5 Å². The molecular weight excluding hydrogens is 412 g/mol. The summed E-state index contributed by atoms with van der Waals surface area (Å²) < 4.78 is 0. The molecule has 7 heteroatoms. The van der Waals surface area contributed by atoms with Crippen LogP contribution in [0, 0.1) is 12.8 Å². The summed E-state index contributed by atoms with van der Waals surface area (Å²) in [6, 6.07) is 15.4. The molecule has 1 aromatic heterocycles. The molecule has 5 rings (SSSR count). The maximum Gasteiger partial charge on any atom is 0.228 e. The van der Waals surface area contributed by atoms with Crippen molar-refractivity contribution in [2.24, 2.45) is 5.92 Å². The molecule has 2 aliphatic heterocycles. The molecule has 31 heavy (non-hydrogen) atoms.